The van der Waals surface area contributed by atoms with Crippen molar-refractivity contribution in [3.05, 3.63) is 0 Å². The fourth-order valence-corrected chi connectivity index (χ4v) is 2.74. The zero-order valence-corrected chi connectivity index (χ0v) is 7.65. The number of alkyl halides is 2. The van der Waals surface area contributed by atoms with E-state index in [-0.39, 0.29) is 12.5 Å². The van der Waals surface area contributed by atoms with Crippen LogP contribution in [0, 0.1) is 5.41 Å². The molecule has 2 rings (SSSR count). The molecule has 1 saturated heterocycles. The first-order valence-corrected chi connectivity index (χ1v) is 4.93. The number of piperidine rings is 1. The van der Waals surface area contributed by atoms with E-state index in [4.69, 9.17) is 5.73 Å². The van der Waals surface area contributed by atoms with Crippen molar-refractivity contribution in [1.29, 1.82) is 0 Å². The van der Waals surface area contributed by atoms with Crippen LogP contribution in [-0.2, 0) is 0 Å². The highest BCUT2D eigenvalue weighted by atomic mass is 19.3. The molecule has 1 spiro atoms. The van der Waals surface area contributed by atoms with Gasteiger partial charge in [-0.3, -0.25) is 0 Å². The smallest absolute Gasteiger partial charge is 0.255 e. The van der Waals surface area contributed by atoms with E-state index in [1.54, 1.807) is 0 Å². The monoisotopic (exact) mass is 190 g/mol. The molecule has 0 bridgehead atoms. The topological polar surface area (TPSA) is 38.0 Å². The molecule has 2 nitrogen and oxygen atoms in total. The third-order valence-electron chi connectivity index (χ3n) is 3.70. The van der Waals surface area contributed by atoms with Crippen LogP contribution in [0.5, 0.6) is 0 Å². The third kappa shape index (κ3) is 1.19. The molecule has 0 amide bonds. The van der Waals surface area contributed by atoms with Crippen LogP contribution >= 0.6 is 0 Å². The molecule has 2 aliphatic rings. The molecular weight excluding hydrogens is 174 g/mol. The van der Waals surface area contributed by atoms with Gasteiger partial charge in [-0.05, 0) is 32.4 Å². The van der Waals surface area contributed by atoms with E-state index in [0.29, 0.717) is 32.4 Å². The van der Waals surface area contributed by atoms with Crippen molar-refractivity contribution in [3.8, 4) is 0 Å². The summed E-state index contributed by atoms with van der Waals surface area (Å²) in [6.45, 7) is 1.37. The number of nitrogens with one attached hydrogen (secondary N) is 1. The minimum Gasteiger partial charge on any atom is -0.327 e. The van der Waals surface area contributed by atoms with Crippen LogP contribution in [0.25, 0.3) is 0 Å². The van der Waals surface area contributed by atoms with Crippen molar-refractivity contribution in [2.45, 2.75) is 37.6 Å². The fraction of sp³-hybridized carbons (Fsp3) is 1.00. The first-order valence-electron chi connectivity index (χ1n) is 4.93. The Hall–Kier alpha value is -0.220. The second-order valence-corrected chi connectivity index (χ2v) is 4.26. The van der Waals surface area contributed by atoms with Gasteiger partial charge in [0, 0.05) is 12.5 Å². The van der Waals surface area contributed by atoms with Crippen molar-refractivity contribution >= 4 is 0 Å². The summed E-state index contributed by atoms with van der Waals surface area (Å²) in [6, 6.07) is -0.301. The van der Waals surface area contributed by atoms with Crippen LogP contribution in [0.4, 0.5) is 8.78 Å². The normalized spacial score (nSPS) is 36.7. The van der Waals surface area contributed by atoms with Gasteiger partial charge in [-0.15, -0.1) is 0 Å². The molecule has 0 aromatic carbocycles. The fourth-order valence-electron chi connectivity index (χ4n) is 2.74. The highest BCUT2D eigenvalue weighted by Gasteiger charge is 2.60. The Morgan fingerprint density at radius 3 is 2.23 bits per heavy atom. The van der Waals surface area contributed by atoms with Gasteiger partial charge in [-0.1, -0.05) is 0 Å². The second kappa shape index (κ2) is 2.89. The van der Waals surface area contributed by atoms with Crippen LogP contribution in [0.15, 0.2) is 0 Å². The van der Waals surface area contributed by atoms with E-state index in [0.717, 1.165) is 0 Å². The highest BCUT2D eigenvalue weighted by Crippen LogP contribution is 2.54. The van der Waals surface area contributed by atoms with Crippen LogP contribution in [-0.4, -0.2) is 25.1 Å². The Morgan fingerprint density at radius 1 is 1.15 bits per heavy atom. The van der Waals surface area contributed by atoms with Gasteiger partial charge in [-0.25, -0.2) is 8.78 Å². The largest absolute Gasteiger partial charge is 0.327 e. The molecule has 13 heavy (non-hydrogen) atoms. The van der Waals surface area contributed by atoms with Gasteiger partial charge in [0.2, 0.25) is 0 Å². The Morgan fingerprint density at radius 2 is 1.77 bits per heavy atom. The number of rotatable bonds is 0. The summed E-state index contributed by atoms with van der Waals surface area (Å²) >= 11 is 0. The second-order valence-electron chi connectivity index (χ2n) is 4.26. The molecule has 1 aliphatic heterocycles. The van der Waals surface area contributed by atoms with Crippen LogP contribution < -0.4 is 11.1 Å². The lowest BCUT2D eigenvalue weighted by Crippen LogP contribution is -2.53. The molecule has 0 aromatic rings. The molecule has 1 heterocycles. The lowest BCUT2D eigenvalue weighted by molar-refractivity contribution is -0.117. The summed E-state index contributed by atoms with van der Waals surface area (Å²) in [4.78, 5) is 0. The minimum absolute atomic E-state index is 0.0197. The lowest BCUT2D eigenvalue weighted by atomic mass is 9.72. The summed E-state index contributed by atoms with van der Waals surface area (Å²) in [5, 5.41) is 3.11. The quantitative estimate of drug-likeness (QED) is 0.600. The van der Waals surface area contributed by atoms with Gasteiger partial charge in [0.05, 0.1) is 5.41 Å². The van der Waals surface area contributed by atoms with Crippen molar-refractivity contribution in [2.24, 2.45) is 11.1 Å². The Kier molecular flexibility index (Phi) is 2.07. The molecule has 1 aliphatic carbocycles. The number of hydrogen-bond donors (Lipinski definition) is 2. The molecule has 1 saturated carbocycles. The predicted octanol–water partition coefficient (Wildman–Crippen LogP) is 1.11. The Bertz CT molecular complexity index is 200. The van der Waals surface area contributed by atoms with E-state index >= 15 is 0 Å². The summed E-state index contributed by atoms with van der Waals surface area (Å²) in [5.74, 6) is -2.53. The average Bonchev–Trinajstić information content (AvgIpc) is 2.33. The molecule has 0 unspecified atom stereocenters. The van der Waals surface area contributed by atoms with Gasteiger partial charge in [-0.2, -0.15) is 0 Å². The standard InChI is InChI=1S/C9H16F2N2/c10-9(11)2-1-7(12)8(9)3-5-13-6-4-8/h7,13H,1-6,12H2/t7-/m1/s1. The van der Waals surface area contributed by atoms with Gasteiger partial charge in [0.15, 0.2) is 0 Å². The van der Waals surface area contributed by atoms with Gasteiger partial charge < -0.3 is 11.1 Å². The van der Waals surface area contributed by atoms with E-state index in [1.165, 1.54) is 0 Å². The van der Waals surface area contributed by atoms with Gasteiger partial charge in [0.1, 0.15) is 0 Å². The predicted molar refractivity (Wildman–Crippen MR) is 46.7 cm³/mol. The van der Waals surface area contributed by atoms with Crippen molar-refractivity contribution in [2.75, 3.05) is 13.1 Å². The zero-order valence-electron chi connectivity index (χ0n) is 7.65. The number of nitrogens with two attached hydrogens (primary N) is 1. The minimum atomic E-state index is -2.53. The van der Waals surface area contributed by atoms with E-state index < -0.39 is 11.3 Å². The van der Waals surface area contributed by atoms with Crippen molar-refractivity contribution in [1.82, 2.24) is 5.32 Å². The SMILES string of the molecule is N[C@@H]1CCC(F)(F)C12CCNCC2. The van der Waals surface area contributed by atoms with Crippen molar-refractivity contribution in [3.63, 3.8) is 0 Å². The van der Waals surface area contributed by atoms with Gasteiger partial charge in [0.25, 0.3) is 5.92 Å². The lowest BCUT2D eigenvalue weighted by Gasteiger charge is -2.41. The first kappa shape index (κ1) is 9.34. The number of halogens is 2. The highest BCUT2D eigenvalue weighted by molar-refractivity contribution is 5.07. The maximum atomic E-state index is 13.6. The maximum Gasteiger partial charge on any atom is 0.255 e. The average molecular weight is 190 g/mol. The van der Waals surface area contributed by atoms with Crippen LogP contribution in [0.3, 0.4) is 0 Å². The van der Waals surface area contributed by atoms with Crippen molar-refractivity contribution < 1.29 is 8.78 Å². The molecule has 1 atom stereocenters. The van der Waals surface area contributed by atoms with Crippen LogP contribution in [0.1, 0.15) is 25.7 Å². The summed E-state index contributed by atoms with van der Waals surface area (Å²) in [5.41, 5.74) is 4.92. The summed E-state index contributed by atoms with van der Waals surface area (Å²) in [6.07, 6.45) is 1.52. The Balaban J connectivity index is 2.25. The number of hydrogen-bond acceptors (Lipinski definition) is 2. The zero-order chi connectivity index (χ0) is 9.53. The maximum absolute atomic E-state index is 13.6. The molecular formula is C9H16F2N2. The molecule has 76 valence electrons. The molecule has 3 N–H and O–H groups in total. The molecule has 4 heteroatoms. The third-order valence-corrected chi connectivity index (χ3v) is 3.70. The first-order chi connectivity index (χ1) is 6.08. The summed E-state index contributed by atoms with van der Waals surface area (Å²) < 4.78 is 27.3. The molecule has 0 radical (unpaired) electrons. The van der Waals surface area contributed by atoms with Gasteiger partial charge >= 0.3 is 0 Å². The van der Waals surface area contributed by atoms with E-state index in [1.807, 2.05) is 0 Å². The molecule has 0 aromatic heterocycles. The van der Waals surface area contributed by atoms with E-state index in [2.05, 4.69) is 5.32 Å². The summed E-state index contributed by atoms with van der Waals surface area (Å²) in [7, 11) is 0. The van der Waals surface area contributed by atoms with E-state index in [9.17, 15) is 8.78 Å². The Labute approximate surface area is 76.9 Å². The van der Waals surface area contributed by atoms with Crippen LogP contribution in [0.2, 0.25) is 0 Å². The molecule has 2 fully saturated rings.